The Morgan fingerprint density at radius 2 is 1.91 bits per heavy atom. The van der Waals surface area contributed by atoms with Gasteiger partial charge in [-0.1, -0.05) is 0 Å². The lowest BCUT2D eigenvalue weighted by Crippen LogP contribution is -2.47. The first-order valence-corrected chi connectivity index (χ1v) is 10.0. The Morgan fingerprint density at radius 3 is 2.53 bits per heavy atom. The summed E-state index contributed by atoms with van der Waals surface area (Å²) in [7, 11) is 0. The summed E-state index contributed by atoms with van der Waals surface area (Å²) >= 11 is 0. The minimum Gasteiger partial charge on any atom is -0.479 e. The molecule has 0 spiro atoms. The summed E-state index contributed by atoms with van der Waals surface area (Å²) in [6.07, 6.45) is -4.70. The predicted octanol–water partition coefficient (Wildman–Crippen LogP) is 3.45. The zero-order valence-electron chi connectivity index (χ0n) is 18.4. The van der Waals surface area contributed by atoms with Gasteiger partial charge in [-0.3, -0.25) is 20.0 Å². The number of carbonyl (C=O) groups excluding carboxylic acids is 1. The number of anilines is 2. The van der Waals surface area contributed by atoms with Crippen molar-refractivity contribution >= 4 is 17.3 Å². The van der Waals surface area contributed by atoms with Gasteiger partial charge in [0.1, 0.15) is 5.75 Å². The number of amides is 1. The molecule has 3 N–H and O–H groups in total. The topological polar surface area (TPSA) is 99.6 Å². The van der Waals surface area contributed by atoms with Gasteiger partial charge in [0.2, 0.25) is 0 Å². The van der Waals surface area contributed by atoms with E-state index in [1.165, 1.54) is 11.1 Å². The third-order valence-electron chi connectivity index (χ3n) is 4.74. The first-order valence-electron chi connectivity index (χ1n) is 10.0. The van der Waals surface area contributed by atoms with Crippen LogP contribution in [0.15, 0.2) is 30.6 Å². The van der Waals surface area contributed by atoms with Crippen LogP contribution in [0.2, 0.25) is 0 Å². The number of hydrogen-bond donors (Lipinski definition) is 3. The number of aliphatic hydroxyl groups is 1. The van der Waals surface area contributed by atoms with Crippen LogP contribution in [0.5, 0.6) is 5.75 Å². The summed E-state index contributed by atoms with van der Waals surface area (Å²) in [5, 5.41) is 16.0. The van der Waals surface area contributed by atoms with Crippen LogP contribution in [-0.4, -0.2) is 39.0 Å². The van der Waals surface area contributed by atoms with E-state index >= 15 is 0 Å². The first-order chi connectivity index (χ1) is 14.8. The van der Waals surface area contributed by atoms with E-state index in [0.29, 0.717) is 23.3 Å². The molecule has 3 rings (SSSR count). The molecule has 32 heavy (non-hydrogen) atoms. The molecule has 8 nitrogen and oxygen atoms in total. The molecule has 3 atom stereocenters. The molecule has 1 amide bonds. The van der Waals surface area contributed by atoms with Gasteiger partial charge in [-0.15, -0.1) is 0 Å². The van der Waals surface area contributed by atoms with Gasteiger partial charge in [-0.05, 0) is 46.8 Å². The first kappa shape index (κ1) is 23.7. The van der Waals surface area contributed by atoms with Crippen LogP contribution >= 0.6 is 0 Å². The van der Waals surface area contributed by atoms with E-state index in [9.17, 15) is 23.1 Å². The fraction of sp³-hybridized carbons (Fsp3) is 0.476. The molecule has 1 unspecified atom stereocenters. The van der Waals surface area contributed by atoms with Gasteiger partial charge < -0.3 is 15.2 Å². The highest BCUT2D eigenvalue weighted by atomic mass is 19.4. The number of aromatic nitrogens is 2. The van der Waals surface area contributed by atoms with Crippen molar-refractivity contribution in [3.05, 3.63) is 42.0 Å². The molecule has 0 saturated carbocycles. The van der Waals surface area contributed by atoms with E-state index in [2.05, 4.69) is 20.6 Å². The van der Waals surface area contributed by atoms with Gasteiger partial charge in [0.15, 0.2) is 18.1 Å². The van der Waals surface area contributed by atoms with Crippen molar-refractivity contribution in [2.45, 2.75) is 64.8 Å². The molecule has 11 heteroatoms. The lowest BCUT2D eigenvalue weighted by atomic mass is 10.1. The van der Waals surface area contributed by atoms with Gasteiger partial charge in [-0.2, -0.15) is 13.2 Å². The molecule has 0 fully saturated rings. The second kappa shape index (κ2) is 8.55. The van der Waals surface area contributed by atoms with Crippen LogP contribution in [0.3, 0.4) is 0 Å². The van der Waals surface area contributed by atoms with Crippen LogP contribution in [-0.2, 0) is 11.0 Å². The van der Waals surface area contributed by atoms with Crippen molar-refractivity contribution in [3.63, 3.8) is 0 Å². The van der Waals surface area contributed by atoms with Crippen molar-refractivity contribution < 1.29 is 27.8 Å². The fourth-order valence-corrected chi connectivity index (χ4v) is 3.31. The van der Waals surface area contributed by atoms with E-state index in [1.54, 1.807) is 32.0 Å². The predicted molar refractivity (Wildman–Crippen MR) is 112 cm³/mol. The minimum absolute atomic E-state index is 0.000209. The molecule has 2 heterocycles. The average molecular weight is 453 g/mol. The van der Waals surface area contributed by atoms with E-state index in [1.807, 2.05) is 20.8 Å². The largest absolute Gasteiger partial charge is 0.479 e. The van der Waals surface area contributed by atoms with Gasteiger partial charge in [0.05, 0.1) is 29.8 Å². The van der Waals surface area contributed by atoms with Crippen LogP contribution in [0.1, 0.15) is 52.0 Å². The Bertz CT molecular complexity index is 993. The standard InChI is InChI=1S/C21H26F3N5O3/c1-11(14-9-25-10-17(27-14)21(22,23)24)29-15-7-6-13(26-19(31)28-20(3,4)5)8-16(15)32-12(2)18(29)30/h6-12,19,26,28,31H,1-5H3/t11-,12+,19?/m0/s1. The summed E-state index contributed by atoms with van der Waals surface area (Å²) < 4.78 is 44.9. The number of nitrogens with one attached hydrogen (secondary N) is 2. The normalized spacial score (nSPS) is 18.6. The monoisotopic (exact) mass is 453 g/mol. The maximum atomic E-state index is 13.1. The smallest absolute Gasteiger partial charge is 0.434 e. The fourth-order valence-electron chi connectivity index (χ4n) is 3.31. The molecule has 0 aliphatic carbocycles. The number of alkyl halides is 3. The lowest BCUT2D eigenvalue weighted by Gasteiger charge is -2.37. The Hall–Kier alpha value is -2.92. The van der Waals surface area contributed by atoms with Crippen molar-refractivity contribution in [2.24, 2.45) is 0 Å². The quantitative estimate of drug-likeness (QED) is 0.597. The second-order valence-electron chi connectivity index (χ2n) is 8.59. The van der Waals surface area contributed by atoms with Crippen molar-refractivity contribution in [1.29, 1.82) is 0 Å². The Kier molecular flexibility index (Phi) is 6.34. The van der Waals surface area contributed by atoms with Gasteiger partial charge >= 0.3 is 6.18 Å². The summed E-state index contributed by atoms with van der Waals surface area (Å²) in [5.74, 6) is -0.0730. The van der Waals surface area contributed by atoms with Crippen molar-refractivity contribution in [2.75, 3.05) is 10.2 Å². The minimum atomic E-state index is -4.65. The zero-order chi connectivity index (χ0) is 23.8. The van der Waals surface area contributed by atoms with Gasteiger partial charge in [0.25, 0.3) is 5.91 Å². The van der Waals surface area contributed by atoms with E-state index in [-0.39, 0.29) is 11.2 Å². The van der Waals surface area contributed by atoms with E-state index in [4.69, 9.17) is 4.74 Å². The average Bonchev–Trinajstić information content (AvgIpc) is 2.66. The molecule has 1 aliphatic heterocycles. The molecule has 0 saturated heterocycles. The highest BCUT2D eigenvalue weighted by Crippen LogP contribution is 2.40. The van der Waals surface area contributed by atoms with Crippen LogP contribution in [0.4, 0.5) is 24.5 Å². The van der Waals surface area contributed by atoms with E-state index in [0.717, 1.165) is 0 Å². The number of rotatable bonds is 5. The number of benzene rings is 1. The molecule has 2 aromatic rings. The van der Waals surface area contributed by atoms with Crippen molar-refractivity contribution in [3.8, 4) is 5.75 Å². The molecule has 1 aliphatic rings. The number of halogens is 3. The molecular formula is C21H26F3N5O3. The number of hydrogen-bond acceptors (Lipinski definition) is 7. The molecular weight excluding hydrogens is 427 g/mol. The second-order valence-corrected chi connectivity index (χ2v) is 8.59. The lowest BCUT2D eigenvalue weighted by molar-refractivity contribution is -0.141. The van der Waals surface area contributed by atoms with Crippen LogP contribution in [0.25, 0.3) is 0 Å². The molecule has 0 bridgehead atoms. The molecule has 0 radical (unpaired) electrons. The molecule has 174 valence electrons. The third kappa shape index (κ3) is 5.28. The maximum absolute atomic E-state index is 13.1. The summed E-state index contributed by atoms with van der Waals surface area (Å²) in [6, 6.07) is 4.03. The summed E-state index contributed by atoms with van der Waals surface area (Å²) in [5.41, 5.74) is -0.559. The van der Waals surface area contributed by atoms with Crippen molar-refractivity contribution in [1.82, 2.24) is 15.3 Å². The Labute approximate surface area is 183 Å². The van der Waals surface area contributed by atoms with Crippen LogP contribution in [0, 0.1) is 0 Å². The number of carbonyl (C=O) groups is 1. The highest BCUT2D eigenvalue weighted by molar-refractivity contribution is 6.00. The zero-order valence-corrected chi connectivity index (χ0v) is 18.4. The third-order valence-corrected chi connectivity index (χ3v) is 4.74. The Morgan fingerprint density at radius 1 is 1.22 bits per heavy atom. The number of aliphatic hydroxyl groups excluding tert-OH is 1. The SMILES string of the molecule is C[C@H]1Oc2cc(NC(O)NC(C)(C)C)ccc2N([C@@H](C)c2cncc(C(F)(F)F)n2)C1=O. The summed E-state index contributed by atoms with van der Waals surface area (Å²) in [6.45, 7) is 8.83. The molecule has 1 aromatic heterocycles. The number of fused-ring (bicyclic) bond motifs is 1. The van der Waals surface area contributed by atoms with Crippen LogP contribution < -0.4 is 20.3 Å². The summed E-state index contributed by atoms with van der Waals surface area (Å²) in [4.78, 5) is 21.5. The Balaban J connectivity index is 1.92. The maximum Gasteiger partial charge on any atom is 0.434 e. The van der Waals surface area contributed by atoms with Gasteiger partial charge in [-0.25, -0.2) is 4.98 Å². The molecule has 1 aromatic carbocycles. The highest BCUT2D eigenvalue weighted by Gasteiger charge is 2.38. The van der Waals surface area contributed by atoms with E-state index < -0.39 is 36.3 Å². The number of ether oxygens (including phenoxy) is 1. The number of nitrogens with zero attached hydrogens (tertiary/aromatic N) is 3. The van der Waals surface area contributed by atoms with Gasteiger partial charge in [0, 0.05) is 17.3 Å².